The lowest BCUT2D eigenvalue weighted by molar-refractivity contribution is 0.122. The molecule has 0 radical (unpaired) electrons. The van der Waals surface area contributed by atoms with Crippen LogP contribution in [0.4, 0.5) is 10.6 Å². The predicted octanol–water partition coefficient (Wildman–Crippen LogP) is 0.496. The molecule has 1 atom stereocenters. The zero-order valence-corrected chi connectivity index (χ0v) is 13.4. The van der Waals surface area contributed by atoms with E-state index in [9.17, 15) is 4.79 Å². The van der Waals surface area contributed by atoms with Crippen LogP contribution in [0.25, 0.3) is 0 Å². The van der Waals surface area contributed by atoms with Crippen molar-refractivity contribution in [1.82, 2.24) is 20.2 Å². The van der Waals surface area contributed by atoms with Gasteiger partial charge in [0, 0.05) is 38.7 Å². The van der Waals surface area contributed by atoms with Crippen LogP contribution in [0, 0.1) is 0 Å². The first-order valence-electron chi connectivity index (χ1n) is 8.10. The van der Waals surface area contributed by atoms with E-state index in [0.717, 1.165) is 25.3 Å². The zero-order chi connectivity index (χ0) is 16.1. The van der Waals surface area contributed by atoms with E-state index in [4.69, 9.17) is 9.47 Å². The highest BCUT2D eigenvalue weighted by Crippen LogP contribution is 2.20. The molecule has 23 heavy (non-hydrogen) atoms. The van der Waals surface area contributed by atoms with Crippen molar-refractivity contribution in [3.63, 3.8) is 0 Å². The summed E-state index contributed by atoms with van der Waals surface area (Å²) in [7, 11) is 0. The Bertz CT molecular complexity index is 536. The average molecular weight is 321 g/mol. The van der Waals surface area contributed by atoms with E-state index in [-0.39, 0.29) is 12.1 Å². The molecular formula is C15H23N5O3. The van der Waals surface area contributed by atoms with Crippen molar-refractivity contribution in [2.75, 3.05) is 50.8 Å². The number of carbonyl (C=O) groups is 1. The molecule has 0 spiro atoms. The Morgan fingerprint density at radius 3 is 3.00 bits per heavy atom. The number of likely N-dealkylation sites (tertiary alicyclic amines) is 1. The van der Waals surface area contributed by atoms with Crippen LogP contribution in [-0.2, 0) is 4.74 Å². The van der Waals surface area contributed by atoms with Crippen molar-refractivity contribution in [3.8, 4) is 5.88 Å². The fraction of sp³-hybridized carbons (Fsp3) is 0.667. The molecule has 2 aliphatic rings. The monoisotopic (exact) mass is 321 g/mol. The number of urea groups is 1. The smallest absolute Gasteiger partial charge is 0.317 e. The molecule has 126 valence electrons. The number of anilines is 1. The van der Waals surface area contributed by atoms with Gasteiger partial charge in [0.15, 0.2) is 0 Å². The number of ether oxygens (including phenoxy) is 2. The molecule has 1 N–H and O–H groups in total. The van der Waals surface area contributed by atoms with Gasteiger partial charge in [0.25, 0.3) is 0 Å². The van der Waals surface area contributed by atoms with Crippen LogP contribution in [0.3, 0.4) is 0 Å². The normalized spacial score (nSPS) is 21.3. The maximum Gasteiger partial charge on any atom is 0.317 e. The molecule has 3 heterocycles. The predicted molar refractivity (Wildman–Crippen MR) is 84.7 cm³/mol. The minimum Gasteiger partial charge on any atom is -0.472 e. The minimum atomic E-state index is -0.0321. The number of hydrogen-bond acceptors (Lipinski definition) is 6. The molecule has 8 nitrogen and oxygen atoms in total. The molecule has 2 saturated heterocycles. The van der Waals surface area contributed by atoms with Crippen LogP contribution in [-0.4, -0.2) is 72.9 Å². The van der Waals surface area contributed by atoms with Crippen molar-refractivity contribution in [1.29, 1.82) is 0 Å². The quantitative estimate of drug-likeness (QED) is 0.870. The highest BCUT2D eigenvalue weighted by molar-refractivity contribution is 5.74. The third-order valence-electron chi connectivity index (χ3n) is 4.01. The summed E-state index contributed by atoms with van der Waals surface area (Å²) in [5.41, 5.74) is 0. The second kappa shape index (κ2) is 7.45. The number of morpholine rings is 1. The van der Waals surface area contributed by atoms with Gasteiger partial charge in [0.2, 0.25) is 5.88 Å². The maximum absolute atomic E-state index is 11.8. The second-order valence-corrected chi connectivity index (χ2v) is 5.62. The Morgan fingerprint density at radius 1 is 1.39 bits per heavy atom. The van der Waals surface area contributed by atoms with E-state index >= 15 is 0 Å². The fourth-order valence-electron chi connectivity index (χ4n) is 2.80. The Labute approximate surface area is 135 Å². The first kappa shape index (κ1) is 15.8. The number of nitrogens with zero attached hydrogens (tertiary/aromatic N) is 4. The van der Waals surface area contributed by atoms with E-state index in [1.165, 1.54) is 6.33 Å². The molecule has 8 heteroatoms. The van der Waals surface area contributed by atoms with Crippen molar-refractivity contribution in [2.45, 2.75) is 19.4 Å². The largest absolute Gasteiger partial charge is 0.472 e. The van der Waals surface area contributed by atoms with Gasteiger partial charge in [-0.15, -0.1) is 0 Å². The number of rotatable bonds is 4. The van der Waals surface area contributed by atoms with Crippen LogP contribution < -0.4 is 15.0 Å². The highest BCUT2D eigenvalue weighted by atomic mass is 16.5. The van der Waals surface area contributed by atoms with E-state index in [2.05, 4.69) is 20.2 Å². The molecule has 2 amide bonds. The minimum absolute atomic E-state index is 0.0231. The van der Waals surface area contributed by atoms with Gasteiger partial charge in [-0.2, -0.15) is 0 Å². The van der Waals surface area contributed by atoms with Gasteiger partial charge < -0.3 is 24.6 Å². The first-order valence-corrected chi connectivity index (χ1v) is 8.10. The van der Waals surface area contributed by atoms with Crippen LogP contribution >= 0.6 is 0 Å². The Hall–Kier alpha value is -2.09. The van der Waals surface area contributed by atoms with Crippen LogP contribution in [0.2, 0.25) is 0 Å². The second-order valence-electron chi connectivity index (χ2n) is 5.62. The molecular weight excluding hydrogens is 298 g/mol. The number of carbonyl (C=O) groups excluding carboxylic acids is 1. The van der Waals surface area contributed by atoms with Crippen molar-refractivity contribution >= 4 is 11.8 Å². The molecule has 0 saturated carbocycles. The molecule has 0 bridgehead atoms. The van der Waals surface area contributed by atoms with Gasteiger partial charge >= 0.3 is 6.03 Å². The highest BCUT2D eigenvalue weighted by Gasteiger charge is 2.27. The summed E-state index contributed by atoms with van der Waals surface area (Å²) in [6.07, 6.45) is 2.31. The van der Waals surface area contributed by atoms with Gasteiger partial charge in [-0.25, -0.2) is 14.8 Å². The lowest BCUT2D eigenvalue weighted by atomic mass is 10.3. The van der Waals surface area contributed by atoms with Crippen LogP contribution in [0.15, 0.2) is 12.4 Å². The van der Waals surface area contributed by atoms with Gasteiger partial charge in [0.1, 0.15) is 18.2 Å². The molecule has 2 fully saturated rings. The molecule has 1 aromatic heterocycles. The van der Waals surface area contributed by atoms with Crippen molar-refractivity contribution in [3.05, 3.63) is 12.4 Å². The number of aromatic nitrogens is 2. The van der Waals surface area contributed by atoms with E-state index in [1.807, 2.05) is 13.0 Å². The Balaban J connectivity index is 1.57. The topological polar surface area (TPSA) is 79.8 Å². The van der Waals surface area contributed by atoms with Crippen molar-refractivity contribution in [2.24, 2.45) is 0 Å². The summed E-state index contributed by atoms with van der Waals surface area (Å²) in [6, 6.07) is 1.83. The summed E-state index contributed by atoms with van der Waals surface area (Å²) in [6.45, 7) is 6.91. The van der Waals surface area contributed by atoms with E-state index in [1.54, 1.807) is 4.90 Å². The SMILES string of the molecule is CCNC(=O)N1CCC(Oc2cc(N3CCOCC3)ncn2)C1. The summed E-state index contributed by atoms with van der Waals surface area (Å²) in [5.74, 6) is 1.42. The summed E-state index contributed by atoms with van der Waals surface area (Å²) in [5, 5.41) is 2.81. The van der Waals surface area contributed by atoms with Crippen LogP contribution in [0.1, 0.15) is 13.3 Å². The zero-order valence-electron chi connectivity index (χ0n) is 13.4. The molecule has 3 rings (SSSR count). The third-order valence-corrected chi connectivity index (χ3v) is 4.01. The lowest BCUT2D eigenvalue weighted by Gasteiger charge is -2.27. The third kappa shape index (κ3) is 4.01. The summed E-state index contributed by atoms with van der Waals surface area (Å²) >= 11 is 0. The standard InChI is InChI=1S/C15H23N5O3/c1-2-16-15(21)20-4-3-12(10-20)23-14-9-13(17-11-18-14)19-5-7-22-8-6-19/h9,11-12H,2-8,10H2,1H3,(H,16,21). The van der Waals surface area contributed by atoms with E-state index < -0.39 is 0 Å². The van der Waals surface area contributed by atoms with Gasteiger partial charge in [-0.05, 0) is 6.92 Å². The number of hydrogen-bond donors (Lipinski definition) is 1. The molecule has 0 aliphatic carbocycles. The van der Waals surface area contributed by atoms with Gasteiger partial charge in [-0.1, -0.05) is 0 Å². The average Bonchev–Trinajstić information content (AvgIpc) is 3.05. The fourth-order valence-corrected chi connectivity index (χ4v) is 2.80. The summed E-state index contributed by atoms with van der Waals surface area (Å²) < 4.78 is 11.3. The first-order chi connectivity index (χ1) is 11.3. The lowest BCUT2D eigenvalue weighted by Crippen LogP contribution is -2.39. The van der Waals surface area contributed by atoms with Crippen LogP contribution in [0.5, 0.6) is 5.88 Å². The maximum atomic E-state index is 11.8. The van der Waals surface area contributed by atoms with Crippen molar-refractivity contribution < 1.29 is 14.3 Å². The number of nitrogens with one attached hydrogen (secondary N) is 1. The number of amides is 2. The van der Waals surface area contributed by atoms with Gasteiger partial charge in [-0.3, -0.25) is 0 Å². The van der Waals surface area contributed by atoms with Gasteiger partial charge in [0.05, 0.1) is 19.8 Å². The molecule has 0 aromatic carbocycles. The Kier molecular flexibility index (Phi) is 5.12. The summed E-state index contributed by atoms with van der Waals surface area (Å²) in [4.78, 5) is 24.3. The van der Waals surface area contributed by atoms with E-state index in [0.29, 0.717) is 38.7 Å². The Morgan fingerprint density at radius 2 is 2.22 bits per heavy atom. The molecule has 1 unspecified atom stereocenters. The molecule has 2 aliphatic heterocycles. The molecule has 1 aromatic rings.